The van der Waals surface area contributed by atoms with Crippen molar-refractivity contribution in [2.45, 2.75) is 0 Å². The first-order valence-corrected chi connectivity index (χ1v) is 3.48. The molecule has 0 saturated heterocycles. The average molecular weight is 230 g/mol. The van der Waals surface area contributed by atoms with Gasteiger partial charge in [-0.3, -0.25) is 0 Å². The fraction of sp³-hybridized carbons (Fsp3) is 1.00. The number of quaternary nitrogens is 1. The van der Waals surface area contributed by atoms with Crippen molar-refractivity contribution in [1.29, 1.82) is 0 Å². The smallest absolute Gasteiger partial charge is 0.109 e. The lowest BCUT2D eigenvalue weighted by Gasteiger charge is -2.22. The van der Waals surface area contributed by atoms with Gasteiger partial charge >= 0.3 is 0 Å². The molecule has 0 aromatic carbocycles. The molecule has 3 heteroatoms. The van der Waals surface area contributed by atoms with E-state index in [-0.39, 0.29) is 0 Å². The van der Waals surface area contributed by atoms with Gasteiger partial charge in [0.05, 0.1) is 21.1 Å². The van der Waals surface area contributed by atoms with Gasteiger partial charge in [0, 0.05) is 0 Å². The van der Waals surface area contributed by atoms with Gasteiger partial charge in [0.2, 0.25) is 0 Å². The fourth-order valence-electron chi connectivity index (χ4n) is 0.308. The minimum Gasteiger partial charge on any atom is -0.329 e. The summed E-state index contributed by atoms with van der Waals surface area (Å²) in [5.74, 6) is 0. The second-order valence-corrected chi connectivity index (χ2v) is 3.45. The van der Waals surface area contributed by atoms with Gasteiger partial charge in [0.1, 0.15) is 36.2 Å². The van der Waals surface area contributed by atoms with Crippen LogP contribution in [0.15, 0.2) is 0 Å². The predicted molar refractivity (Wildman–Crippen MR) is 42.9 cm³/mol. The maximum absolute atomic E-state index is 4.87. The van der Waals surface area contributed by atoms with Crippen LogP contribution < -0.4 is 0 Å². The molecule has 0 aliphatic heterocycles. The molecule has 0 aromatic heterocycles. The van der Waals surface area contributed by atoms with Crippen molar-refractivity contribution in [2.75, 3.05) is 34.3 Å². The number of rotatable bonds is 3. The molecule has 50 valence electrons. The van der Waals surface area contributed by atoms with Crippen molar-refractivity contribution in [3.8, 4) is 0 Å². The number of hydrogen-bond acceptors (Lipinski definition) is 1. The van der Waals surface area contributed by atoms with E-state index >= 15 is 0 Å². The number of nitrogens with zero attached hydrogens (tertiary/aromatic N) is 1. The lowest BCUT2D eigenvalue weighted by Crippen LogP contribution is -2.37. The van der Waals surface area contributed by atoms with Crippen molar-refractivity contribution in [3.05, 3.63) is 0 Å². The molecule has 0 amide bonds. The number of halogens is 1. The first-order chi connectivity index (χ1) is 3.56. The molecule has 0 bridgehead atoms. The monoisotopic (exact) mass is 230 g/mol. The lowest BCUT2D eigenvalue weighted by atomic mass is 10.5. The first-order valence-electron chi connectivity index (χ1n) is 2.60. The molecule has 0 N–H and O–H groups in total. The van der Waals surface area contributed by atoms with Crippen LogP contribution in [-0.2, 0) is 3.07 Å². The Morgan fingerprint density at radius 3 is 2.00 bits per heavy atom. The number of hydrogen-bond donors (Lipinski definition) is 0. The quantitative estimate of drug-likeness (QED) is 0.520. The molecule has 0 saturated carbocycles. The standard InChI is InChI=1S/C5H13INO/c1-7(2,3)4-5-8-6/h4-5H2,1-3H3/q+1. The van der Waals surface area contributed by atoms with Crippen LogP contribution in [0.3, 0.4) is 0 Å². The highest BCUT2D eigenvalue weighted by Gasteiger charge is 2.04. The van der Waals surface area contributed by atoms with Crippen molar-refractivity contribution >= 4 is 23.0 Å². The number of likely N-dealkylation sites (N-methyl/N-ethyl adjacent to an activating group) is 1. The van der Waals surface area contributed by atoms with E-state index in [1.807, 2.05) is 23.0 Å². The zero-order chi connectivity index (χ0) is 6.62. The van der Waals surface area contributed by atoms with E-state index in [9.17, 15) is 0 Å². The molecule has 8 heavy (non-hydrogen) atoms. The van der Waals surface area contributed by atoms with Crippen molar-refractivity contribution in [2.24, 2.45) is 0 Å². The fourth-order valence-corrected chi connectivity index (χ4v) is 0.505. The minimum atomic E-state index is 0.837. The van der Waals surface area contributed by atoms with Crippen LogP contribution in [0.2, 0.25) is 0 Å². The minimum absolute atomic E-state index is 0.837. The van der Waals surface area contributed by atoms with E-state index < -0.39 is 0 Å². The normalized spacial score (nSPS) is 12.0. The van der Waals surface area contributed by atoms with E-state index in [1.54, 1.807) is 0 Å². The Balaban J connectivity index is 3.11. The van der Waals surface area contributed by atoms with Gasteiger partial charge in [-0.25, -0.2) is 0 Å². The Hall–Kier alpha value is 0.650. The summed E-state index contributed by atoms with van der Waals surface area (Å²) in [6.45, 7) is 1.91. The highest BCUT2D eigenvalue weighted by Crippen LogP contribution is 1.91. The Morgan fingerprint density at radius 2 is 1.88 bits per heavy atom. The maximum Gasteiger partial charge on any atom is 0.109 e. The SMILES string of the molecule is C[N+](C)(C)CCOI. The van der Waals surface area contributed by atoms with Gasteiger partial charge in [-0.2, -0.15) is 0 Å². The van der Waals surface area contributed by atoms with Crippen LogP contribution in [0.4, 0.5) is 0 Å². The van der Waals surface area contributed by atoms with E-state index in [1.165, 1.54) is 0 Å². The molecule has 0 radical (unpaired) electrons. The van der Waals surface area contributed by atoms with Gasteiger partial charge in [-0.15, -0.1) is 0 Å². The largest absolute Gasteiger partial charge is 0.329 e. The van der Waals surface area contributed by atoms with Crippen LogP contribution in [0, 0.1) is 0 Å². The third-order valence-corrected chi connectivity index (χ3v) is 1.28. The highest BCUT2D eigenvalue weighted by atomic mass is 127. The molecule has 0 unspecified atom stereocenters. The molecule has 0 aliphatic rings. The summed E-state index contributed by atoms with van der Waals surface area (Å²) in [4.78, 5) is 0. The molecule has 0 atom stereocenters. The third-order valence-electron chi connectivity index (χ3n) is 0.839. The molecular formula is C5H13INO+. The maximum atomic E-state index is 4.87. The van der Waals surface area contributed by atoms with E-state index in [2.05, 4.69) is 21.1 Å². The molecule has 0 heterocycles. The molecule has 0 aromatic rings. The van der Waals surface area contributed by atoms with Crippen molar-refractivity contribution in [1.82, 2.24) is 0 Å². The summed E-state index contributed by atoms with van der Waals surface area (Å²) in [6.07, 6.45) is 0. The van der Waals surface area contributed by atoms with E-state index in [0.717, 1.165) is 17.6 Å². The van der Waals surface area contributed by atoms with Crippen molar-refractivity contribution < 1.29 is 7.55 Å². The first kappa shape index (κ1) is 8.65. The zero-order valence-electron chi connectivity index (χ0n) is 5.65. The van der Waals surface area contributed by atoms with Crippen LogP contribution in [0.25, 0.3) is 0 Å². The van der Waals surface area contributed by atoms with Gasteiger partial charge < -0.3 is 7.55 Å². The van der Waals surface area contributed by atoms with Gasteiger partial charge in [0.15, 0.2) is 0 Å². The molecule has 0 rings (SSSR count). The Kier molecular flexibility index (Phi) is 3.93. The third kappa shape index (κ3) is 6.65. The molecule has 0 spiro atoms. The molecule has 0 fully saturated rings. The molecule has 2 nitrogen and oxygen atoms in total. The van der Waals surface area contributed by atoms with E-state index in [0.29, 0.717) is 0 Å². The topological polar surface area (TPSA) is 9.23 Å². The van der Waals surface area contributed by atoms with Crippen LogP contribution >= 0.6 is 23.0 Å². The van der Waals surface area contributed by atoms with Gasteiger partial charge in [-0.1, -0.05) is 0 Å². The second kappa shape index (κ2) is 3.63. The summed E-state index contributed by atoms with van der Waals surface area (Å²) in [7, 11) is 6.45. The lowest BCUT2D eigenvalue weighted by molar-refractivity contribution is -0.870. The summed E-state index contributed by atoms with van der Waals surface area (Å²) in [5, 5.41) is 0. The zero-order valence-corrected chi connectivity index (χ0v) is 7.81. The Morgan fingerprint density at radius 1 is 1.38 bits per heavy atom. The van der Waals surface area contributed by atoms with E-state index in [4.69, 9.17) is 3.07 Å². The second-order valence-electron chi connectivity index (χ2n) is 2.83. The summed E-state index contributed by atoms with van der Waals surface area (Å²) in [6, 6.07) is 0. The highest BCUT2D eigenvalue weighted by molar-refractivity contribution is 14.1. The molecular weight excluding hydrogens is 217 g/mol. The van der Waals surface area contributed by atoms with Crippen molar-refractivity contribution in [3.63, 3.8) is 0 Å². The van der Waals surface area contributed by atoms with Gasteiger partial charge in [0.25, 0.3) is 0 Å². The van der Waals surface area contributed by atoms with Crippen LogP contribution in [0.1, 0.15) is 0 Å². The molecule has 0 aliphatic carbocycles. The summed E-state index contributed by atoms with van der Waals surface area (Å²) >= 11 is 1.92. The Labute approximate surface area is 65.1 Å². The summed E-state index contributed by atoms with van der Waals surface area (Å²) in [5.41, 5.74) is 0. The Bertz CT molecular complexity index is 59.9. The summed E-state index contributed by atoms with van der Waals surface area (Å²) < 4.78 is 5.85. The van der Waals surface area contributed by atoms with Gasteiger partial charge in [-0.05, 0) is 0 Å². The van der Waals surface area contributed by atoms with Crippen LogP contribution in [-0.4, -0.2) is 38.8 Å². The average Bonchev–Trinajstić information content (AvgIpc) is 1.59. The van der Waals surface area contributed by atoms with Crippen LogP contribution in [0.5, 0.6) is 0 Å². The predicted octanol–water partition coefficient (Wildman–Crippen LogP) is 1.06.